The van der Waals surface area contributed by atoms with Gasteiger partial charge in [0.1, 0.15) is 11.3 Å². The molecular formula is C54H51NO. The van der Waals surface area contributed by atoms with Crippen molar-refractivity contribution in [2.75, 3.05) is 0 Å². The number of rotatable bonds is 5. The van der Waals surface area contributed by atoms with Crippen LogP contribution in [0.1, 0.15) is 103 Å². The lowest BCUT2D eigenvalue weighted by Crippen LogP contribution is -2.41. The average Bonchev–Trinajstić information content (AvgIpc) is 3.73. The third-order valence-corrected chi connectivity index (χ3v) is 14.3. The molecule has 4 unspecified atom stereocenters. The standard InChI is InChI=1S/C54H51NO/c1-53(2)47-18-10-8-16-42(47)45-33-49(46(32-48(45)53)41-15-7-6-14-40(41)37-21-20-34-12-4-5-13-36(34)30-37)55-39-26-28-54(3,29-27-39)38-24-22-35-23-25-51-52(44(35)31-38)43-17-9-11-19-50(43)56-51/h5,8-11,13-22,24,26-28,30-32,45-46,49,55H,4,6-7,12,23,25,29,33H2,1-3H3. The second-order valence-electron chi connectivity index (χ2n) is 18.0. The summed E-state index contributed by atoms with van der Waals surface area (Å²) >= 11 is 0. The predicted octanol–water partition coefficient (Wildman–Crippen LogP) is 13.0. The quantitative estimate of drug-likeness (QED) is 0.182. The second kappa shape index (κ2) is 12.8. The van der Waals surface area contributed by atoms with Crippen LogP contribution in [0.5, 0.6) is 0 Å². The van der Waals surface area contributed by atoms with Gasteiger partial charge < -0.3 is 9.73 Å². The normalized spacial score (nSPS) is 25.5. The van der Waals surface area contributed by atoms with Gasteiger partial charge >= 0.3 is 0 Å². The van der Waals surface area contributed by atoms with Crippen LogP contribution in [0.2, 0.25) is 0 Å². The monoisotopic (exact) mass is 729 g/mol. The Morgan fingerprint density at radius 1 is 0.768 bits per heavy atom. The van der Waals surface area contributed by atoms with E-state index < -0.39 is 0 Å². The molecule has 0 aliphatic heterocycles. The van der Waals surface area contributed by atoms with Gasteiger partial charge in [-0.1, -0.05) is 136 Å². The third kappa shape index (κ3) is 5.36. The molecule has 11 rings (SSSR count). The Hall–Kier alpha value is -5.34. The Morgan fingerprint density at radius 2 is 1.62 bits per heavy atom. The highest BCUT2D eigenvalue weighted by Crippen LogP contribution is 2.56. The van der Waals surface area contributed by atoms with E-state index in [9.17, 15) is 0 Å². The van der Waals surface area contributed by atoms with Crippen molar-refractivity contribution >= 4 is 22.6 Å². The van der Waals surface area contributed by atoms with E-state index in [4.69, 9.17) is 4.42 Å². The first-order chi connectivity index (χ1) is 27.3. The first-order valence-corrected chi connectivity index (χ1v) is 21.2. The molecule has 0 bridgehead atoms. The van der Waals surface area contributed by atoms with Gasteiger partial charge in [-0.2, -0.15) is 0 Å². The molecule has 6 aliphatic rings. The van der Waals surface area contributed by atoms with Crippen molar-refractivity contribution in [3.8, 4) is 11.1 Å². The molecule has 6 aliphatic carbocycles. The van der Waals surface area contributed by atoms with Gasteiger partial charge in [0.15, 0.2) is 0 Å². The fourth-order valence-electron chi connectivity index (χ4n) is 11.2. The number of furan rings is 1. The number of hydrogen-bond acceptors (Lipinski definition) is 2. The van der Waals surface area contributed by atoms with Crippen LogP contribution in [0.4, 0.5) is 0 Å². The maximum atomic E-state index is 6.36. The SMILES string of the molecule is CC1(c2ccc3c(c2)-c2c(oc4ccccc24)CC3)C=CC(NC2CC3C(=CC2C2=CCCC=C2c2ccc4c(c2)C=CCC4)C(C)(C)c2ccccc23)=CC1. The first kappa shape index (κ1) is 34.0. The molecule has 1 N–H and O–H groups in total. The van der Waals surface area contributed by atoms with Crippen LogP contribution in [0.25, 0.3) is 33.7 Å². The van der Waals surface area contributed by atoms with Crippen LogP contribution in [-0.2, 0) is 30.1 Å². The summed E-state index contributed by atoms with van der Waals surface area (Å²) in [5, 5.41) is 5.44. The van der Waals surface area contributed by atoms with Crippen LogP contribution < -0.4 is 5.32 Å². The zero-order valence-electron chi connectivity index (χ0n) is 33.0. The summed E-state index contributed by atoms with van der Waals surface area (Å²) in [5.41, 5.74) is 19.4. The molecular weight excluding hydrogens is 679 g/mol. The average molecular weight is 730 g/mol. The zero-order chi connectivity index (χ0) is 37.6. The molecule has 56 heavy (non-hydrogen) atoms. The Balaban J connectivity index is 0.926. The minimum atomic E-state index is -0.0898. The maximum Gasteiger partial charge on any atom is 0.134 e. The van der Waals surface area contributed by atoms with Crippen LogP contribution in [0.15, 0.2) is 149 Å². The minimum Gasteiger partial charge on any atom is -0.460 e. The molecule has 4 atom stereocenters. The Morgan fingerprint density at radius 3 is 2.54 bits per heavy atom. The van der Waals surface area contributed by atoms with E-state index in [0.717, 1.165) is 62.7 Å². The summed E-state index contributed by atoms with van der Waals surface area (Å²) in [6.45, 7) is 7.31. The van der Waals surface area contributed by atoms with Gasteiger partial charge in [0.2, 0.25) is 0 Å². The van der Waals surface area contributed by atoms with Crippen molar-refractivity contribution in [2.24, 2.45) is 5.92 Å². The second-order valence-corrected chi connectivity index (χ2v) is 18.0. The van der Waals surface area contributed by atoms with Gasteiger partial charge in [-0.05, 0) is 125 Å². The van der Waals surface area contributed by atoms with E-state index in [0.29, 0.717) is 5.92 Å². The summed E-state index contributed by atoms with van der Waals surface area (Å²) < 4.78 is 6.36. The van der Waals surface area contributed by atoms with E-state index in [2.05, 4.69) is 160 Å². The number of benzene rings is 4. The number of para-hydroxylation sites is 1. The molecule has 1 heterocycles. The van der Waals surface area contributed by atoms with E-state index in [1.807, 2.05) is 0 Å². The van der Waals surface area contributed by atoms with Crippen molar-refractivity contribution in [3.63, 3.8) is 0 Å². The van der Waals surface area contributed by atoms with E-state index in [-0.39, 0.29) is 22.8 Å². The first-order valence-electron chi connectivity index (χ1n) is 21.2. The molecule has 5 aromatic rings. The topological polar surface area (TPSA) is 25.2 Å². The number of hydrogen-bond donors (Lipinski definition) is 1. The fraction of sp³-hybridized carbons (Fsp3) is 0.296. The summed E-state index contributed by atoms with van der Waals surface area (Å²) in [7, 11) is 0. The molecule has 0 saturated carbocycles. The third-order valence-electron chi connectivity index (χ3n) is 14.3. The molecule has 4 aromatic carbocycles. The van der Waals surface area contributed by atoms with Crippen molar-refractivity contribution in [1.82, 2.24) is 5.32 Å². The van der Waals surface area contributed by atoms with Crippen molar-refractivity contribution in [2.45, 2.75) is 94.9 Å². The Labute approximate surface area is 332 Å². The lowest BCUT2D eigenvalue weighted by atomic mass is 9.68. The smallest absolute Gasteiger partial charge is 0.134 e. The van der Waals surface area contributed by atoms with Gasteiger partial charge in [0.05, 0.1) is 0 Å². The van der Waals surface area contributed by atoms with Crippen LogP contribution in [0.3, 0.4) is 0 Å². The van der Waals surface area contributed by atoms with E-state index in [1.165, 1.54) is 72.3 Å². The van der Waals surface area contributed by atoms with Gasteiger partial charge in [-0.15, -0.1) is 0 Å². The molecule has 0 saturated heterocycles. The van der Waals surface area contributed by atoms with E-state index in [1.54, 1.807) is 5.57 Å². The molecule has 0 radical (unpaired) electrons. The lowest BCUT2D eigenvalue weighted by Gasteiger charge is -2.40. The number of aryl methyl sites for hydroxylation is 3. The van der Waals surface area contributed by atoms with Gasteiger partial charge in [-0.3, -0.25) is 0 Å². The summed E-state index contributed by atoms with van der Waals surface area (Å²) in [5.74, 6) is 1.84. The molecule has 1 aromatic heterocycles. The Bertz CT molecular complexity index is 2630. The van der Waals surface area contributed by atoms with Gasteiger partial charge in [-0.25, -0.2) is 0 Å². The molecule has 2 heteroatoms. The largest absolute Gasteiger partial charge is 0.460 e. The number of nitrogens with one attached hydrogen (secondary N) is 1. The van der Waals surface area contributed by atoms with Crippen molar-refractivity contribution in [1.29, 1.82) is 0 Å². The molecule has 278 valence electrons. The molecule has 2 nitrogen and oxygen atoms in total. The number of fused-ring (bicyclic) bond motifs is 9. The highest BCUT2D eigenvalue weighted by Gasteiger charge is 2.47. The highest BCUT2D eigenvalue weighted by atomic mass is 16.3. The maximum absolute atomic E-state index is 6.36. The van der Waals surface area contributed by atoms with Gasteiger partial charge in [0, 0.05) is 51.8 Å². The number of allylic oxidation sites excluding steroid dienone is 8. The van der Waals surface area contributed by atoms with Crippen molar-refractivity contribution < 1.29 is 4.42 Å². The summed E-state index contributed by atoms with van der Waals surface area (Å²) in [6.07, 6.45) is 28.3. The minimum absolute atomic E-state index is 0.0183. The highest BCUT2D eigenvalue weighted by molar-refractivity contribution is 5.97. The zero-order valence-corrected chi connectivity index (χ0v) is 33.0. The fourth-order valence-corrected chi connectivity index (χ4v) is 11.2. The van der Waals surface area contributed by atoms with Gasteiger partial charge in [0.25, 0.3) is 0 Å². The summed E-state index contributed by atoms with van der Waals surface area (Å²) in [4.78, 5) is 0. The molecule has 0 spiro atoms. The predicted molar refractivity (Wildman–Crippen MR) is 233 cm³/mol. The molecule has 0 fully saturated rings. The van der Waals surface area contributed by atoms with Crippen molar-refractivity contribution in [3.05, 3.63) is 189 Å². The van der Waals surface area contributed by atoms with E-state index >= 15 is 0 Å². The lowest BCUT2D eigenvalue weighted by molar-refractivity contribution is 0.400. The Kier molecular flexibility index (Phi) is 7.79. The van der Waals surface area contributed by atoms with Crippen LogP contribution >= 0.6 is 0 Å². The summed E-state index contributed by atoms with van der Waals surface area (Å²) in [6, 6.07) is 32.5. The van der Waals surface area contributed by atoms with Crippen LogP contribution in [0, 0.1) is 5.92 Å². The van der Waals surface area contributed by atoms with Crippen LogP contribution in [-0.4, -0.2) is 6.04 Å². The molecule has 0 amide bonds.